The summed E-state index contributed by atoms with van der Waals surface area (Å²) < 4.78 is 0. The molecule has 2 bridgehead atoms. The molecule has 2 N–H and O–H groups in total. The van der Waals surface area contributed by atoms with Crippen LogP contribution in [0.3, 0.4) is 0 Å². The van der Waals surface area contributed by atoms with Crippen LogP contribution in [0.2, 0.25) is 0 Å². The van der Waals surface area contributed by atoms with Crippen molar-refractivity contribution >= 4 is 0 Å². The summed E-state index contributed by atoms with van der Waals surface area (Å²) in [6, 6.07) is 21.5. The zero-order valence-electron chi connectivity index (χ0n) is 17.0. The third kappa shape index (κ3) is 2.44. The van der Waals surface area contributed by atoms with E-state index in [1.165, 1.54) is 22.3 Å². The molecule has 2 heterocycles. The van der Waals surface area contributed by atoms with Crippen molar-refractivity contribution in [1.29, 1.82) is 0 Å². The minimum absolute atomic E-state index is 0.0454. The number of benzene rings is 2. The van der Waals surface area contributed by atoms with Gasteiger partial charge in [-0.05, 0) is 53.6 Å². The normalized spacial score (nSPS) is 26.4. The number of hydrogen-bond donors (Lipinski definition) is 2. The Kier molecular flexibility index (Phi) is 3.86. The number of aromatic nitrogens is 1. The first-order valence-corrected chi connectivity index (χ1v) is 10.9. The van der Waals surface area contributed by atoms with E-state index in [0.29, 0.717) is 24.3 Å². The van der Waals surface area contributed by atoms with Gasteiger partial charge in [-0.15, -0.1) is 0 Å². The second kappa shape index (κ2) is 6.40. The lowest BCUT2D eigenvalue weighted by molar-refractivity contribution is -0.0307. The van der Waals surface area contributed by atoms with Crippen molar-refractivity contribution in [3.8, 4) is 5.88 Å². The molecule has 1 fully saturated rings. The number of aromatic hydroxyl groups is 1. The fourth-order valence-corrected chi connectivity index (χ4v) is 6.30. The van der Waals surface area contributed by atoms with Gasteiger partial charge in [0.1, 0.15) is 0 Å². The van der Waals surface area contributed by atoms with Gasteiger partial charge >= 0.3 is 0 Å². The maximum absolute atomic E-state index is 11.2. The van der Waals surface area contributed by atoms with Gasteiger partial charge in [-0.25, -0.2) is 4.98 Å². The molecule has 152 valence electrons. The number of nitrogens with zero attached hydrogens (tertiary/aromatic N) is 2. The Balaban J connectivity index is 1.30. The molecule has 2 aliphatic carbocycles. The largest absolute Gasteiger partial charge is 0.493 e. The molecule has 4 heteroatoms. The van der Waals surface area contributed by atoms with Crippen LogP contribution >= 0.6 is 0 Å². The smallest absolute Gasteiger partial charge is 0.216 e. The molecule has 1 saturated heterocycles. The van der Waals surface area contributed by atoms with E-state index in [2.05, 4.69) is 58.4 Å². The Morgan fingerprint density at radius 2 is 1.47 bits per heavy atom. The highest BCUT2D eigenvalue weighted by molar-refractivity contribution is 5.62. The van der Waals surface area contributed by atoms with E-state index in [9.17, 15) is 10.2 Å². The molecule has 6 rings (SSSR count). The summed E-state index contributed by atoms with van der Waals surface area (Å²) in [6.45, 7) is 2.59. The van der Waals surface area contributed by atoms with Gasteiger partial charge in [-0.2, -0.15) is 0 Å². The van der Waals surface area contributed by atoms with E-state index >= 15 is 0 Å². The average Bonchev–Trinajstić information content (AvgIpc) is 3.28. The van der Waals surface area contributed by atoms with Crippen LogP contribution < -0.4 is 0 Å². The zero-order valence-corrected chi connectivity index (χ0v) is 17.0. The number of hydrogen-bond acceptors (Lipinski definition) is 4. The number of aliphatic hydroxyl groups is 1. The number of piperidine rings is 1. The lowest BCUT2D eigenvalue weighted by Gasteiger charge is -2.42. The lowest BCUT2D eigenvalue weighted by atomic mass is 9.74. The predicted molar refractivity (Wildman–Crippen MR) is 116 cm³/mol. The molecule has 0 saturated carbocycles. The third-order valence-corrected chi connectivity index (χ3v) is 7.72. The van der Waals surface area contributed by atoms with Crippen molar-refractivity contribution in [1.82, 2.24) is 9.88 Å². The van der Waals surface area contributed by atoms with E-state index in [1.807, 2.05) is 0 Å². The lowest BCUT2D eigenvalue weighted by Crippen LogP contribution is -2.47. The highest BCUT2D eigenvalue weighted by Crippen LogP contribution is 2.60. The summed E-state index contributed by atoms with van der Waals surface area (Å²) in [5.41, 5.74) is 5.55. The average molecular weight is 399 g/mol. The van der Waals surface area contributed by atoms with Crippen LogP contribution in [-0.4, -0.2) is 39.7 Å². The number of rotatable bonds is 3. The van der Waals surface area contributed by atoms with Crippen molar-refractivity contribution in [3.63, 3.8) is 0 Å². The van der Waals surface area contributed by atoms with Gasteiger partial charge in [0, 0.05) is 42.7 Å². The van der Waals surface area contributed by atoms with E-state index in [0.717, 1.165) is 26.1 Å². The minimum atomic E-state index is -1.00. The number of pyridine rings is 1. The Labute approximate surface area is 176 Å². The van der Waals surface area contributed by atoms with Crippen LogP contribution in [-0.2, 0) is 11.0 Å². The summed E-state index contributed by atoms with van der Waals surface area (Å²) in [7, 11) is 0. The molecule has 4 nitrogen and oxygen atoms in total. The Bertz CT molecular complexity index is 1070. The van der Waals surface area contributed by atoms with Gasteiger partial charge in [0.15, 0.2) is 0 Å². The highest BCUT2D eigenvalue weighted by atomic mass is 16.3. The van der Waals surface area contributed by atoms with Crippen molar-refractivity contribution in [2.75, 3.05) is 19.6 Å². The van der Waals surface area contributed by atoms with Gasteiger partial charge < -0.3 is 15.1 Å². The van der Waals surface area contributed by atoms with E-state index in [4.69, 9.17) is 0 Å². The summed E-state index contributed by atoms with van der Waals surface area (Å²) in [5.74, 6) is 0.454. The van der Waals surface area contributed by atoms with E-state index < -0.39 is 5.60 Å². The highest BCUT2D eigenvalue weighted by Gasteiger charge is 2.53. The topological polar surface area (TPSA) is 56.6 Å². The molecule has 2 aromatic carbocycles. The second-order valence-corrected chi connectivity index (χ2v) is 9.20. The molecule has 3 aromatic rings. The maximum atomic E-state index is 11.2. The molecule has 1 aliphatic heterocycles. The molecule has 3 aliphatic rings. The third-order valence-electron chi connectivity index (χ3n) is 7.72. The first-order valence-electron chi connectivity index (χ1n) is 10.9. The van der Waals surface area contributed by atoms with Crippen molar-refractivity contribution in [3.05, 3.63) is 94.7 Å². The molecule has 0 unspecified atom stereocenters. The standard InChI is InChI=1S/C26H26N2O2/c29-24-23(10-5-13-27-24)26(30)11-14-28(15-12-26)17-25-16-20(18-6-1-3-8-21(18)25)19-7-2-4-9-22(19)25/h1-10,13,20,30H,11-12,14-17H2,(H,27,29). The quantitative estimate of drug-likeness (QED) is 0.702. The minimum Gasteiger partial charge on any atom is -0.493 e. The maximum Gasteiger partial charge on any atom is 0.216 e. The monoisotopic (exact) mass is 398 g/mol. The molecule has 0 radical (unpaired) electrons. The second-order valence-electron chi connectivity index (χ2n) is 9.20. The Hall–Kier alpha value is -2.69. The van der Waals surface area contributed by atoms with Crippen LogP contribution in [0.5, 0.6) is 5.88 Å². The van der Waals surface area contributed by atoms with E-state index in [1.54, 1.807) is 18.3 Å². The number of fused-ring (bicyclic) bond motifs is 8. The van der Waals surface area contributed by atoms with Crippen molar-refractivity contribution < 1.29 is 10.2 Å². The van der Waals surface area contributed by atoms with Crippen LogP contribution in [0.15, 0.2) is 66.9 Å². The van der Waals surface area contributed by atoms with Gasteiger partial charge in [-0.3, -0.25) is 0 Å². The number of likely N-dealkylation sites (tertiary alicyclic amines) is 1. The van der Waals surface area contributed by atoms with Gasteiger partial charge in [0.25, 0.3) is 0 Å². The predicted octanol–water partition coefficient (Wildman–Crippen LogP) is 3.91. The molecule has 30 heavy (non-hydrogen) atoms. The van der Waals surface area contributed by atoms with E-state index in [-0.39, 0.29) is 11.3 Å². The molecular weight excluding hydrogens is 372 g/mol. The Morgan fingerprint density at radius 3 is 2.10 bits per heavy atom. The van der Waals surface area contributed by atoms with Crippen LogP contribution in [0, 0.1) is 0 Å². The first-order chi connectivity index (χ1) is 14.6. The summed E-state index contributed by atoms with van der Waals surface area (Å²) in [5, 5.41) is 21.4. The SMILES string of the molecule is Oc1ncccc1C1(O)CCN(CC23CC(c4ccccc42)c2ccccc23)CC1. The van der Waals surface area contributed by atoms with Crippen LogP contribution in [0.25, 0.3) is 0 Å². The van der Waals surface area contributed by atoms with Crippen molar-refractivity contribution in [2.24, 2.45) is 0 Å². The van der Waals surface area contributed by atoms with Gasteiger partial charge in [0.05, 0.1) is 5.60 Å². The Morgan fingerprint density at radius 1 is 0.867 bits per heavy atom. The zero-order chi connectivity index (χ0) is 20.3. The molecular formula is C26H26N2O2. The fraction of sp³-hybridized carbons (Fsp3) is 0.346. The molecule has 1 aromatic heterocycles. The van der Waals surface area contributed by atoms with Crippen molar-refractivity contribution in [2.45, 2.75) is 36.2 Å². The summed E-state index contributed by atoms with van der Waals surface area (Å²) >= 11 is 0. The molecule has 0 atom stereocenters. The van der Waals surface area contributed by atoms with Crippen LogP contribution in [0.1, 0.15) is 53.0 Å². The van der Waals surface area contributed by atoms with Crippen LogP contribution in [0.4, 0.5) is 0 Å². The van der Waals surface area contributed by atoms with Gasteiger partial charge in [-0.1, -0.05) is 48.5 Å². The summed E-state index contributed by atoms with van der Waals surface area (Å²) in [4.78, 5) is 6.47. The van der Waals surface area contributed by atoms with Gasteiger partial charge in [0.2, 0.25) is 5.88 Å². The molecule has 0 amide bonds. The fourth-order valence-electron chi connectivity index (χ4n) is 6.30. The summed E-state index contributed by atoms with van der Waals surface area (Å²) in [6.07, 6.45) is 3.92. The molecule has 0 spiro atoms. The first kappa shape index (κ1) is 18.1.